The molecule has 7 nitrogen and oxygen atoms in total. The molecule has 0 aromatic rings. The van der Waals surface area contributed by atoms with Crippen LogP contribution in [0.4, 0.5) is 0 Å². The first kappa shape index (κ1) is 40.7. The molecule has 0 aromatic heterocycles. The van der Waals surface area contributed by atoms with Crippen molar-refractivity contribution in [1.29, 1.82) is 0 Å². The van der Waals surface area contributed by atoms with Gasteiger partial charge in [-0.25, -0.2) is 0 Å². The van der Waals surface area contributed by atoms with Gasteiger partial charge in [0.25, 0.3) is 0 Å². The average Bonchev–Trinajstić information content (AvgIpc) is 2.93. The monoisotopic (exact) mass is 616 g/mol. The minimum atomic E-state index is -1.10. The Morgan fingerprint density at radius 1 is 0.690 bits per heavy atom. The Labute approximate surface area is 262 Å². The summed E-state index contributed by atoms with van der Waals surface area (Å²) in [6.07, 6.45) is 3.77. The van der Waals surface area contributed by atoms with Crippen LogP contribution in [0, 0.1) is 27.1 Å². The van der Waals surface area contributed by atoms with E-state index in [2.05, 4.69) is 76.2 Å². The Balaban J connectivity index is 5.08. The van der Waals surface area contributed by atoms with Crippen molar-refractivity contribution in [1.82, 2.24) is 0 Å². The van der Waals surface area contributed by atoms with E-state index in [9.17, 15) is 19.5 Å². The minimum absolute atomic E-state index is 0.0373. The van der Waals surface area contributed by atoms with Crippen LogP contribution in [0.1, 0.15) is 135 Å². The number of carbonyl (C=O) groups excluding carboxylic acids is 3. The molecule has 4 atom stereocenters. The molecule has 3 unspecified atom stereocenters. The van der Waals surface area contributed by atoms with Crippen LogP contribution in [0.2, 0.25) is 0 Å². The number of aliphatic hydroxyl groups excluding tert-OH is 1. The molecule has 0 amide bonds. The number of aliphatic hydroxyl groups is 1. The Hall–Kier alpha value is -1.28. The molecule has 0 spiro atoms. The maximum atomic E-state index is 13.3. The highest BCUT2D eigenvalue weighted by atomic mass is 32.2. The number of thioether (sulfide) groups is 1. The van der Waals surface area contributed by atoms with Crippen molar-refractivity contribution < 1.29 is 33.7 Å². The summed E-state index contributed by atoms with van der Waals surface area (Å²) in [5.74, 6) is -0.439. The molecular formula is C34H64O7S. The van der Waals surface area contributed by atoms with Gasteiger partial charge in [0.2, 0.25) is 0 Å². The van der Waals surface area contributed by atoms with Crippen LogP contribution in [-0.4, -0.2) is 59.9 Å². The van der Waals surface area contributed by atoms with Gasteiger partial charge in [0.1, 0.15) is 19.3 Å². The van der Waals surface area contributed by atoms with Crippen LogP contribution in [0.25, 0.3) is 0 Å². The molecule has 42 heavy (non-hydrogen) atoms. The predicted molar refractivity (Wildman–Crippen MR) is 173 cm³/mol. The van der Waals surface area contributed by atoms with E-state index in [1.807, 2.05) is 13.8 Å². The Bertz CT molecular complexity index is 883. The number of esters is 3. The summed E-state index contributed by atoms with van der Waals surface area (Å²) in [6, 6.07) is 0. The minimum Gasteiger partial charge on any atom is -0.469 e. The summed E-state index contributed by atoms with van der Waals surface area (Å²) >= 11 is 1.65. The molecule has 0 aromatic carbocycles. The van der Waals surface area contributed by atoms with E-state index < -0.39 is 22.9 Å². The lowest BCUT2D eigenvalue weighted by atomic mass is 9.58. The van der Waals surface area contributed by atoms with Gasteiger partial charge in [-0.1, -0.05) is 82.6 Å². The maximum Gasteiger partial charge on any atom is 0.312 e. The third-order valence-electron chi connectivity index (χ3n) is 10.7. The highest BCUT2D eigenvalue weighted by Crippen LogP contribution is 2.52. The van der Waals surface area contributed by atoms with Crippen molar-refractivity contribution >= 4 is 29.7 Å². The van der Waals surface area contributed by atoms with Crippen molar-refractivity contribution in [3.05, 3.63) is 0 Å². The van der Waals surface area contributed by atoms with Crippen molar-refractivity contribution in [2.45, 2.75) is 146 Å². The number of carbonyl (C=O) groups is 3. The fourth-order valence-corrected chi connectivity index (χ4v) is 6.67. The fraction of sp³-hybridized carbons (Fsp3) is 0.912. The highest BCUT2D eigenvalue weighted by Gasteiger charge is 2.51. The zero-order chi connectivity index (χ0) is 33.2. The molecule has 1 N–H and O–H groups in total. The number of hydrogen-bond donors (Lipinski definition) is 1. The van der Waals surface area contributed by atoms with Crippen molar-refractivity contribution in [3.8, 4) is 0 Å². The number of rotatable bonds is 20. The Morgan fingerprint density at radius 3 is 1.60 bits per heavy atom. The molecule has 0 aliphatic rings. The summed E-state index contributed by atoms with van der Waals surface area (Å²) < 4.78 is 15.9. The fourth-order valence-electron chi connectivity index (χ4n) is 5.31. The van der Waals surface area contributed by atoms with Crippen LogP contribution in [-0.2, 0) is 28.6 Å². The second-order valence-corrected chi connectivity index (χ2v) is 16.5. The quantitative estimate of drug-likeness (QED) is 0.109. The lowest BCUT2D eigenvalue weighted by Crippen LogP contribution is -2.47. The van der Waals surface area contributed by atoms with E-state index in [1.165, 1.54) is 7.11 Å². The smallest absolute Gasteiger partial charge is 0.312 e. The van der Waals surface area contributed by atoms with Gasteiger partial charge in [0, 0.05) is 10.5 Å². The largest absolute Gasteiger partial charge is 0.469 e. The van der Waals surface area contributed by atoms with Gasteiger partial charge >= 0.3 is 17.9 Å². The van der Waals surface area contributed by atoms with E-state index in [1.54, 1.807) is 11.8 Å². The lowest BCUT2D eigenvalue weighted by molar-refractivity contribution is -0.170. The molecule has 0 bridgehead atoms. The lowest BCUT2D eigenvalue weighted by Gasteiger charge is -2.46. The van der Waals surface area contributed by atoms with E-state index in [0.717, 1.165) is 25.7 Å². The van der Waals surface area contributed by atoms with Gasteiger partial charge in [0.15, 0.2) is 0 Å². The van der Waals surface area contributed by atoms with Gasteiger partial charge in [-0.3, -0.25) is 14.4 Å². The van der Waals surface area contributed by atoms with E-state index in [-0.39, 0.29) is 52.6 Å². The highest BCUT2D eigenvalue weighted by molar-refractivity contribution is 8.00. The second kappa shape index (κ2) is 16.2. The molecule has 0 rings (SSSR count). The van der Waals surface area contributed by atoms with E-state index in [0.29, 0.717) is 18.6 Å². The van der Waals surface area contributed by atoms with Crippen LogP contribution in [0.15, 0.2) is 0 Å². The van der Waals surface area contributed by atoms with E-state index in [4.69, 9.17) is 14.2 Å². The molecule has 248 valence electrons. The van der Waals surface area contributed by atoms with E-state index >= 15 is 0 Å². The van der Waals surface area contributed by atoms with Gasteiger partial charge in [-0.2, -0.15) is 11.8 Å². The Kier molecular flexibility index (Phi) is 15.7. The molecule has 0 saturated carbocycles. The van der Waals surface area contributed by atoms with Gasteiger partial charge in [-0.05, 0) is 62.2 Å². The molecule has 0 aliphatic carbocycles. The average molecular weight is 617 g/mol. The first-order valence-electron chi connectivity index (χ1n) is 15.8. The number of methoxy groups -OCH3 is 1. The topological polar surface area (TPSA) is 99.1 Å². The summed E-state index contributed by atoms with van der Waals surface area (Å²) in [5, 5.41) is 10.4. The number of hydrogen-bond acceptors (Lipinski definition) is 8. The molecule has 8 heteroatoms. The van der Waals surface area contributed by atoms with Gasteiger partial charge in [-0.15, -0.1) is 0 Å². The SMILES string of the molecule is CCC(C)(C)CC(C)(C(=O)OCC(O)COC(=O)CCS[C@](C)(CC)CC(C)(C(=O)OC)C(C)(C)CC)C(C)(C)CC. The molecule has 0 heterocycles. The Morgan fingerprint density at radius 2 is 1.17 bits per heavy atom. The summed E-state index contributed by atoms with van der Waals surface area (Å²) in [7, 11) is 1.44. The standard InChI is InChI=1S/C34H64O7S/c1-15-29(5,6)23-33(12,30(7,8)16-2)28(38)41-22-25(35)21-40-26(36)19-20-42-32(11,18-4)24-34(13,27(37)39-14)31(9,10)17-3/h25,35H,15-24H2,1-14H3/t25?,32-,33?,34?/m1/s1. The van der Waals surface area contributed by atoms with Crippen LogP contribution in [0.3, 0.4) is 0 Å². The molecule has 0 aliphatic heterocycles. The molecule has 0 saturated heterocycles. The summed E-state index contributed by atoms with van der Waals surface area (Å²) in [6.45, 7) is 26.7. The van der Waals surface area contributed by atoms with Crippen molar-refractivity contribution in [3.63, 3.8) is 0 Å². The van der Waals surface area contributed by atoms with Crippen molar-refractivity contribution in [2.75, 3.05) is 26.1 Å². The predicted octanol–water partition coefficient (Wildman–Crippen LogP) is 8.00. The zero-order valence-corrected chi connectivity index (χ0v) is 30.3. The number of ether oxygens (including phenoxy) is 3. The molecule has 0 fully saturated rings. The first-order valence-corrected chi connectivity index (χ1v) is 16.8. The van der Waals surface area contributed by atoms with Crippen molar-refractivity contribution in [2.24, 2.45) is 27.1 Å². The summed E-state index contributed by atoms with van der Waals surface area (Å²) in [5.41, 5.74) is -1.99. The van der Waals surface area contributed by atoms with Crippen LogP contribution < -0.4 is 0 Å². The molecular weight excluding hydrogens is 552 g/mol. The third kappa shape index (κ3) is 10.7. The first-order chi connectivity index (χ1) is 19.1. The normalized spacial score (nSPS) is 17.8. The van der Waals surface area contributed by atoms with Gasteiger partial charge in [0.05, 0.1) is 24.4 Å². The third-order valence-corrected chi connectivity index (χ3v) is 12.2. The molecule has 0 radical (unpaired) electrons. The van der Waals surface area contributed by atoms with Crippen LogP contribution in [0.5, 0.6) is 0 Å². The van der Waals surface area contributed by atoms with Gasteiger partial charge < -0.3 is 19.3 Å². The summed E-state index contributed by atoms with van der Waals surface area (Å²) in [4.78, 5) is 38.7. The van der Waals surface area contributed by atoms with Crippen LogP contribution >= 0.6 is 11.8 Å². The maximum absolute atomic E-state index is 13.3. The zero-order valence-electron chi connectivity index (χ0n) is 29.5. The second-order valence-electron chi connectivity index (χ2n) is 14.8.